The van der Waals surface area contributed by atoms with Crippen molar-refractivity contribution in [1.82, 2.24) is 20.4 Å². The number of aromatic nitrogens is 2. The molecule has 0 radical (unpaired) electrons. The molecule has 170 valence electrons. The van der Waals surface area contributed by atoms with Crippen LogP contribution in [0.2, 0.25) is 0 Å². The summed E-state index contributed by atoms with van der Waals surface area (Å²) in [6.45, 7) is 3.16. The van der Waals surface area contributed by atoms with Gasteiger partial charge in [-0.3, -0.25) is 9.59 Å². The second-order valence-corrected chi connectivity index (χ2v) is 9.04. The number of alkyl halides is 2. The van der Waals surface area contributed by atoms with E-state index in [2.05, 4.69) is 15.5 Å². The van der Waals surface area contributed by atoms with Gasteiger partial charge >= 0.3 is 6.43 Å². The van der Waals surface area contributed by atoms with Gasteiger partial charge in [-0.2, -0.15) is 8.78 Å². The SMILES string of the molecule is CC1(C(=O)N[C@@H]2CCCC[C@H]2N2Cc3ccc(-c4nnc(C(F)F)o4)cc3C2=O)COC1. The maximum absolute atomic E-state index is 13.3. The Morgan fingerprint density at radius 1 is 1.25 bits per heavy atom. The number of fused-ring (bicyclic) bond motifs is 1. The average Bonchev–Trinajstić information content (AvgIpc) is 3.38. The third-order valence-electron chi connectivity index (χ3n) is 6.65. The van der Waals surface area contributed by atoms with E-state index in [1.165, 1.54) is 0 Å². The van der Waals surface area contributed by atoms with Crippen LogP contribution in [0.4, 0.5) is 8.78 Å². The van der Waals surface area contributed by atoms with Gasteiger partial charge in [0.15, 0.2) is 0 Å². The zero-order valence-electron chi connectivity index (χ0n) is 17.6. The fraction of sp³-hybridized carbons (Fsp3) is 0.545. The molecule has 32 heavy (non-hydrogen) atoms. The summed E-state index contributed by atoms with van der Waals surface area (Å²) in [4.78, 5) is 27.9. The van der Waals surface area contributed by atoms with Crippen molar-refractivity contribution in [2.75, 3.05) is 13.2 Å². The van der Waals surface area contributed by atoms with Crippen molar-refractivity contribution >= 4 is 11.8 Å². The Morgan fingerprint density at radius 3 is 2.72 bits per heavy atom. The number of benzene rings is 1. The average molecular weight is 446 g/mol. The molecule has 2 amide bonds. The van der Waals surface area contributed by atoms with E-state index in [9.17, 15) is 18.4 Å². The highest BCUT2D eigenvalue weighted by molar-refractivity contribution is 5.99. The van der Waals surface area contributed by atoms with Gasteiger partial charge in [-0.1, -0.05) is 18.9 Å². The molecule has 2 fully saturated rings. The van der Waals surface area contributed by atoms with Crippen LogP contribution in [0, 0.1) is 5.41 Å². The van der Waals surface area contributed by atoms with Crippen LogP contribution in [0.1, 0.15) is 60.8 Å². The van der Waals surface area contributed by atoms with Gasteiger partial charge in [0.25, 0.3) is 11.8 Å². The standard InChI is InChI=1S/C22H24F2N4O4/c1-22(10-31-11-22)21(30)25-15-4-2-3-5-16(15)28-9-13-7-6-12(8-14(13)20(28)29)18-26-27-19(32-18)17(23)24/h6-8,15-17H,2-5,9-11H2,1H3,(H,25,30)/t15-,16-/m1/s1. The molecule has 0 spiro atoms. The van der Waals surface area contributed by atoms with Crippen LogP contribution in [-0.4, -0.2) is 52.2 Å². The zero-order valence-corrected chi connectivity index (χ0v) is 17.6. The number of carbonyl (C=O) groups is 2. The van der Waals surface area contributed by atoms with Crippen LogP contribution < -0.4 is 5.32 Å². The molecule has 1 aromatic carbocycles. The predicted molar refractivity (Wildman–Crippen MR) is 108 cm³/mol. The normalized spacial score (nSPS) is 24.4. The lowest BCUT2D eigenvalue weighted by Gasteiger charge is -2.42. The molecule has 10 heteroatoms. The van der Waals surface area contributed by atoms with Crippen molar-refractivity contribution in [3.8, 4) is 11.5 Å². The van der Waals surface area contributed by atoms with Gasteiger partial charge in [0, 0.05) is 23.7 Å². The summed E-state index contributed by atoms with van der Waals surface area (Å²) >= 11 is 0. The summed E-state index contributed by atoms with van der Waals surface area (Å²) in [5.41, 5.74) is 1.26. The highest BCUT2D eigenvalue weighted by Gasteiger charge is 2.44. The summed E-state index contributed by atoms with van der Waals surface area (Å²) < 4.78 is 35.8. The monoisotopic (exact) mass is 446 g/mol. The largest absolute Gasteiger partial charge is 0.415 e. The number of nitrogens with one attached hydrogen (secondary N) is 1. The number of rotatable bonds is 5. The smallest absolute Gasteiger partial charge is 0.314 e. The van der Waals surface area contributed by atoms with E-state index in [1.807, 2.05) is 11.8 Å². The van der Waals surface area contributed by atoms with Crippen molar-refractivity contribution in [2.24, 2.45) is 5.41 Å². The number of nitrogens with zero attached hydrogens (tertiary/aromatic N) is 3. The summed E-state index contributed by atoms with van der Waals surface area (Å²) in [7, 11) is 0. The predicted octanol–water partition coefficient (Wildman–Crippen LogP) is 3.09. The minimum Gasteiger partial charge on any atom is -0.415 e. The molecule has 1 aromatic heterocycles. The minimum absolute atomic E-state index is 0.0293. The summed E-state index contributed by atoms with van der Waals surface area (Å²) in [6.07, 6.45) is 0.761. The van der Waals surface area contributed by atoms with Crippen LogP contribution in [0.25, 0.3) is 11.5 Å². The van der Waals surface area contributed by atoms with Crippen molar-refractivity contribution in [1.29, 1.82) is 0 Å². The van der Waals surface area contributed by atoms with Gasteiger partial charge in [0.1, 0.15) is 0 Å². The molecule has 2 aromatic rings. The van der Waals surface area contributed by atoms with Gasteiger partial charge in [0.2, 0.25) is 11.8 Å². The maximum atomic E-state index is 13.3. The van der Waals surface area contributed by atoms with E-state index in [0.717, 1.165) is 31.2 Å². The van der Waals surface area contributed by atoms with Crippen LogP contribution >= 0.6 is 0 Å². The lowest BCUT2D eigenvalue weighted by atomic mass is 9.84. The van der Waals surface area contributed by atoms with Gasteiger partial charge in [-0.05, 0) is 37.5 Å². The molecular weight excluding hydrogens is 422 g/mol. The van der Waals surface area contributed by atoms with E-state index >= 15 is 0 Å². The van der Waals surface area contributed by atoms with Crippen molar-refractivity contribution in [3.05, 3.63) is 35.2 Å². The minimum atomic E-state index is -2.85. The maximum Gasteiger partial charge on any atom is 0.314 e. The quantitative estimate of drug-likeness (QED) is 0.758. The first-order valence-corrected chi connectivity index (χ1v) is 10.8. The Labute approximate surface area is 183 Å². The number of halogens is 2. The van der Waals surface area contributed by atoms with E-state index in [0.29, 0.717) is 30.9 Å². The fourth-order valence-corrected chi connectivity index (χ4v) is 4.70. The number of hydrogen-bond donors (Lipinski definition) is 1. The first kappa shape index (κ1) is 21.0. The van der Waals surface area contributed by atoms with E-state index in [-0.39, 0.29) is 29.8 Å². The Bertz CT molecular complexity index is 1050. The van der Waals surface area contributed by atoms with Crippen LogP contribution in [0.5, 0.6) is 0 Å². The van der Waals surface area contributed by atoms with E-state index in [4.69, 9.17) is 9.15 Å². The van der Waals surface area contributed by atoms with E-state index in [1.54, 1.807) is 18.2 Å². The molecule has 3 aliphatic rings. The van der Waals surface area contributed by atoms with Gasteiger partial charge in [-0.15, -0.1) is 10.2 Å². The first-order valence-electron chi connectivity index (χ1n) is 10.8. The third kappa shape index (κ3) is 3.56. The first-order chi connectivity index (χ1) is 15.4. The topological polar surface area (TPSA) is 97.6 Å². The fourth-order valence-electron chi connectivity index (χ4n) is 4.70. The van der Waals surface area contributed by atoms with Gasteiger partial charge in [0.05, 0.1) is 24.7 Å². The van der Waals surface area contributed by atoms with Crippen LogP contribution in [0.15, 0.2) is 22.6 Å². The molecule has 3 heterocycles. The lowest BCUT2D eigenvalue weighted by Crippen LogP contribution is -2.59. The second kappa shape index (κ2) is 7.91. The van der Waals surface area contributed by atoms with Crippen molar-refractivity contribution in [2.45, 2.75) is 57.7 Å². The molecule has 2 aliphatic heterocycles. The number of carbonyl (C=O) groups excluding carboxylic acids is 2. The van der Waals surface area contributed by atoms with Crippen molar-refractivity contribution in [3.63, 3.8) is 0 Å². The second-order valence-electron chi connectivity index (χ2n) is 9.04. The molecule has 2 atom stereocenters. The van der Waals surface area contributed by atoms with E-state index < -0.39 is 17.7 Å². The number of hydrogen-bond acceptors (Lipinski definition) is 6. The summed E-state index contributed by atoms with van der Waals surface area (Å²) in [5, 5.41) is 10.2. The third-order valence-corrected chi connectivity index (χ3v) is 6.65. The summed E-state index contributed by atoms with van der Waals surface area (Å²) in [5.74, 6) is -0.967. The Hall–Kier alpha value is -2.88. The highest BCUT2D eigenvalue weighted by atomic mass is 19.3. The molecular formula is C22H24F2N4O4. The zero-order chi connectivity index (χ0) is 22.5. The molecule has 1 saturated carbocycles. The number of ether oxygens (including phenoxy) is 1. The highest BCUT2D eigenvalue weighted by Crippen LogP contribution is 2.35. The summed E-state index contributed by atoms with van der Waals surface area (Å²) in [6, 6.07) is 4.88. The molecule has 0 unspecified atom stereocenters. The lowest BCUT2D eigenvalue weighted by molar-refractivity contribution is -0.159. The molecule has 1 aliphatic carbocycles. The molecule has 1 saturated heterocycles. The number of amides is 2. The molecule has 5 rings (SSSR count). The molecule has 0 bridgehead atoms. The van der Waals surface area contributed by atoms with Gasteiger partial charge < -0.3 is 19.4 Å². The Balaban J connectivity index is 1.35. The Kier molecular flexibility index (Phi) is 5.19. The Morgan fingerprint density at radius 2 is 2.03 bits per heavy atom. The van der Waals surface area contributed by atoms with Crippen LogP contribution in [-0.2, 0) is 16.1 Å². The van der Waals surface area contributed by atoms with Crippen LogP contribution in [0.3, 0.4) is 0 Å². The molecule has 1 N–H and O–H groups in total. The van der Waals surface area contributed by atoms with Crippen molar-refractivity contribution < 1.29 is 27.5 Å². The van der Waals surface area contributed by atoms with Gasteiger partial charge in [-0.25, -0.2) is 0 Å². The molecule has 8 nitrogen and oxygen atoms in total.